The van der Waals surface area contributed by atoms with Gasteiger partial charge in [0.1, 0.15) is 6.10 Å². The normalized spacial score (nSPS) is 13.9. The number of aliphatic hydroxyl groups is 3. The van der Waals surface area contributed by atoms with E-state index in [4.69, 9.17) is 14.9 Å². The van der Waals surface area contributed by atoms with Crippen molar-refractivity contribution >= 4 is 0 Å². The van der Waals surface area contributed by atoms with E-state index >= 15 is 0 Å². The standard InChI is InChI=1S/C25H50O4/c1-2-3-4-5-6-7-8-9-10-11-12-13-14-15-16-17-18-19-20-24(27)22-29-23-25(28)21-26/h18-19,24-28H,2-17,20-23H2,1H3/b19-18-/t24-,25+/m1/s1. The molecule has 4 heteroatoms. The maximum Gasteiger partial charge on any atom is 0.100 e. The molecule has 0 aromatic carbocycles. The Morgan fingerprint density at radius 3 is 1.55 bits per heavy atom. The number of ether oxygens (including phenoxy) is 1. The molecule has 0 saturated heterocycles. The molecule has 0 saturated carbocycles. The lowest BCUT2D eigenvalue weighted by atomic mass is 10.0. The molecule has 0 aliphatic carbocycles. The van der Waals surface area contributed by atoms with Crippen molar-refractivity contribution in [3.63, 3.8) is 0 Å². The summed E-state index contributed by atoms with van der Waals surface area (Å²) >= 11 is 0. The molecule has 4 nitrogen and oxygen atoms in total. The molecule has 0 aromatic rings. The van der Waals surface area contributed by atoms with E-state index in [1.54, 1.807) is 0 Å². The SMILES string of the molecule is CCCCCCCCCCCCCCCCC/C=C\C[C@@H](O)COC[C@@H](O)CO. The van der Waals surface area contributed by atoms with Crippen molar-refractivity contribution in [3.05, 3.63) is 12.2 Å². The van der Waals surface area contributed by atoms with Gasteiger partial charge in [-0.15, -0.1) is 0 Å². The smallest absolute Gasteiger partial charge is 0.100 e. The zero-order valence-electron chi connectivity index (χ0n) is 19.2. The Hall–Kier alpha value is -0.420. The van der Waals surface area contributed by atoms with Crippen LogP contribution < -0.4 is 0 Å². The van der Waals surface area contributed by atoms with Crippen LogP contribution in [0, 0.1) is 0 Å². The zero-order valence-corrected chi connectivity index (χ0v) is 19.2. The summed E-state index contributed by atoms with van der Waals surface area (Å²) in [5.74, 6) is 0. The van der Waals surface area contributed by atoms with Gasteiger partial charge in [-0.05, 0) is 19.3 Å². The van der Waals surface area contributed by atoms with Gasteiger partial charge in [-0.1, -0.05) is 109 Å². The zero-order chi connectivity index (χ0) is 21.4. The Morgan fingerprint density at radius 2 is 1.07 bits per heavy atom. The monoisotopic (exact) mass is 414 g/mol. The molecule has 0 aliphatic heterocycles. The molecule has 0 bridgehead atoms. The summed E-state index contributed by atoms with van der Waals surface area (Å²) in [6.45, 7) is 2.23. The lowest BCUT2D eigenvalue weighted by Crippen LogP contribution is -2.23. The first-order valence-electron chi connectivity index (χ1n) is 12.4. The van der Waals surface area contributed by atoms with Crippen molar-refractivity contribution in [1.29, 1.82) is 0 Å². The molecule has 0 rings (SSSR count). The average Bonchev–Trinajstić information content (AvgIpc) is 2.72. The van der Waals surface area contributed by atoms with Gasteiger partial charge in [-0.3, -0.25) is 0 Å². The molecule has 0 fully saturated rings. The second kappa shape index (κ2) is 23.9. The van der Waals surface area contributed by atoms with Crippen LogP contribution in [-0.4, -0.2) is 47.3 Å². The topological polar surface area (TPSA) is 69.9 Å². The Morgan fingerprint density at radius 1 is 0.621 bits per heavy atom. The van der Waals surface area contributed by atoms with Gasteiger partial charge in [0.05, 0.1) is 25.9 Å². The van der Waals surface area contributed by atoms with Gasteiger partial charge in [-0.2, -0.15) is 0 Å². The molecule has 0 spiro atoms. The largest absolute Gasteiger partial charge is 0.394 e. The van der Waals surface area contributed by atoms with E-state index in [1.165, 1.54) is 96.3 Å². The molecule has 0 unspecified atom stereocenters. The van der Waals surface area contributed by atoms with Gasteiger partial charge < -0.3 is 20.1 Å². The summed E-state index contributed by atoms with van der Waals surface area (Å²) in [4.78, 5) is 0. The van der Waals surface area contributed by atoms with Crippen molar-refractivity contribution in [1.82, 2.24) is 0 Å². The summed E-state index contributed by atoms with van der Waals surface area (Å²) < 4.78 is 5.14. The number of allylic oxidation sites excluding steroid dienone is 1. The van der Waals surface area contributed by atoms with Crippen LogP contribution in [0.5, 0.6) is 0 Å². The first-order valence-corrected chi connectivity index (χ1v) is 12.4. The molecule has 0 aromatic heterocycles. The van der Waals surface area contributed by atoms with Crippen molar-refractivity contribution in [2.45, 2.75) is 128 Å². The maximum atomic E-state index is 9.75. The van der Waals surface area contributed by atoms with Crippen LogP contribution >= 0.6 is 0 Å². The van der Waals surface area contributed by atoms with Crippen LogP contribution in [0.2, 0.25) is 0 Å². The number of aliphatic hydroxyl groups excluding tert-OH is 3. The van der Waals surface area contributed by atoms with Gasteiger partial charge in [0.2, 0.25) is 0 Å². The molecule has 174 valence electrons. The maximum absolute atomic E-state index is 9.75. The lowest BCUT2D eigenvalue weighted by Gasteiger charge is -2.11. The summed E-state index contributed by atoms with van der Waals surface area (Å²) in [5, 5.41) is 27.6. The molecular formula is C25H50O4. The third-order valence-electron chi connectivity index (χ3n) is 5.38. The van der Waals surface area contributed by atoms with Crippen molar-refractivity contribution in [2.24, 2.45) is 0 Å². The first-order chi connectivity index (χ1) is 14.2. The summed E-state index contributed by atoms with van der Waals surface area (Å²) in [6.07, 6.45) is 25.2. The highest BCUT2D eigenvalue weighted by Gasteiger charge is 2.05. The molecule has 3 N–H and O–H groups in total. The van der Waals surface area contributed by atoms with Crippen LogP contribution in [0.4, 0.5) is 0 Å². The third-order valence-corrected chi connectivity index (χ3v) is 5.38. The van der Waals surface area contributed by atoms with Crippen molar-refractivity contribution in [3.8, 4) is 0 Å². The lowest BCUT2D eigenvalue weighted by molar-refractivity contribution is -0.0233. The van der Waals surface area contributed by atoms with Gasteiger partial charge in [0.25, 0.3) is 0 Å². The fourth-order valence-electron chi connectivity index (χ4n) is 3.47. The minimum atomic E-state index is -0.858. The Kier molecular flexibility index (Phi) is 23.5. The van der Waals surface area contributed by atoms with Crippen LogP contribution in [0.3, 0.4) is 0 Å². The Labute approximate surface area is 180 Å². The second-order valence-corrected chi connectivity index (χ2v) is 8.47. The molecular weight excluding hydrogens is 364 g/mol. The van der Waals surface area contributed by atoms with Crippen LogP contribution in [0.25, 0.3) is 0 Å². The summed E-state index contributed by atoms with van der Waals surface area (Å²) in [6, 6.07) is 0. The van der Waals surface area contributed by atoms with E-state index in [1.807, 2.05) is 6.08 Å². The molecule has 0 aliphatic rings. The number of hydrogen-bond acceptors (Lipinski definition) is 4. The summed E-state index contributed by atoms with van der Waals surface area (Å²) in [5.41, 5.74) is 0. The number of hydrogen-bond donors (Lipinski definition) is 3. The van der Waals surface area contributed by atoms with Gasteiger partial charge in [0, 0.05) is 0 Å². The quantitative estimate of drug-likeness (QED) is 0.143. The summed E-state index contributed by atoms with van der Waals surface area (Å²) in [7, 11) is 0. The fraction of sp³-hybridized carbons (Fsp3) is 0.920. The highest BCUT2D eigenvalue weighted by atomic mass is 16.5. The Balaban J connectivity index is 3.20. The second-order valence-electron chi connectivity index (χ2n) is 8.47. The average molecular weight is 415 g/mol. The highest BCUT2D eigenvalue weighted by Crippen LogP contribution is 2.13. The van der Waals surface area contributed by atoms with E-state index in [2.05, 4.69) is 13.0 Å². The first kappa shape index (κ1) is 28.6. The molecule has 0 amide bonds. The van der Waals surface area contributed by atoms with E-state index in [-0.39, 0.29) is 19.8 Å². The van der Waals surface area contributed by atoms with Crippen LogP contribution in [0.1, 0.15) is 116 Å². The van der Waals surface area contributed by atoms with Crippen LogP contribution in [-0.2, 0) is 4.74 Å². The van der Waals surface area contributed by atoms with E-state index < -0.39 is 12.2 Å². The van der Waals surface area contributed by atoms with Gasteiger partial charge >= 0.3 is 0 Å². The number of unbranched alkanes of at least 4 members (excludes halogenated alkanes) is 15. The Bertz CT molecular complexity index is 333. The van der Waals surface area contributed by atoms with Crippen molar-refractivity contribution in [2.75, 3.05) is 19.8 Å². The highest BCUT2D eigenvalue weighted by molar-refractivity contribution is 4.84. The fourth-order valence-corrected chi connectivity index (χ4v) is 3.47. The minimum absolute atomic E-state index is 0.0659. The number of rotatable bonds is 23. The molecule has 0 heterocycles. The minimum Gasteiger partial charge on any atom is -0.394 e. The van der Waals surface area contributed by atoms with Crippen LogP contribution in [0.15, 0.2) is 12.2 Å². The molecule has 2 atom stereocenters. The predicted octanol–water partition coefficient (Wildman–Crippen LogP) is 5.92. The van der Waals surface area contributed by atoms with E-state index in [9.17, 15) is 5.11 Å². The van der Waals surface area contributed by atoms with Gasteiger partial charge in [0.15, 0.2) is 0 Å². The van der Waals surface area contributed by atoms with E-state index in [0.717, 1.165) is 6.42 Å². The molecule has 0 radical (unpaired) electrons. The predicted molar refractivity (Wildman–Crippen MR) is 123 cm³/mol. The molecule has 29 heavy (non-hydrogen) atoms. The van der Waals surface area contributed by atoms with Crippen molar-refractivity contribution < 1.29 is 20.1 Å². The van der Waals surface area contributed by atoms with E-state index in [0.29, 0.717) is 6.42 Å². The third kappa shape index (κ3) is 23.7. The van der Waals surface area contributed by atoms with Gasteiger partial charge in [-0.25, -0.2) is 0 Å².